The fraction of sp³-hybridized carbons (Fsp3) is 0.360. The van der Waals surface area contributed by atoms with Crippen molar-refractivity contribution in [2.75, 3.05) is 13.1 Å². The van der Waals surface area contributed by atoms with Gasteiger partial charge in [-0.15, -0.1) is 10.2 Å². The number of benzene rings is 1. The van der Waals surface area contributed by atoms with Crippen LogP contribution < -0.4 is 4.74 Å². The molecule has 0 aliphatic carbocycles. The lowest BCUT2D eigenvalue weighted by Gasteiger charge is -2.33. The maximum atomic E-state index is 12.4. The normalized spacial score (nSPS) is 15.1. The predicted molar refractivity (Wildman–Crippen MR) is 133 cm³/mol. The minimum Gasteiger partial charge on any atom is -0.488 e. The van der Waals surface area contributed by atoms with Gasteiger partial charge in [0.1, 0.15) is 28.7 Å². The van der Waals surface area contributed by atoms with Crippen molar-refractivity contribution in [1.82, 2.24) is 24.5 Å². The molecule has 1 aliphatic heterocycles. The Morgan fingerprint density at radius 3 is 2.62 bits per heavy atom. The number of piperidine rings is 1. The van der Waals surface area contributed by atoms with Crippen LogP contribution in [0, 0.1) is 0 Å². The molecule has 176 valence electrons. The van der Waals surface area contributed by atoms with Gasteiger partial charge in [0.25, 0.3) is 0 Å². The molecular weight excluding hydrogens is 498 g/mol. The monoisotopic (exact) mass is 523 g/mol. The second kappa shape index (κ2) is 8.87. The maximum Gasteiger partial charge on any atom is 0.410 e. The number of ether oxygens (including phenoxy) is 2. The molecule has 3 aromatic heterocycles. The Kier molecular flexibility index (Phi) is 5.89. The van der Waals surface area contributed by atoms with Crippen molar-refractivity contribution in [1.29, 1.82) is 0 Å². The highest BCUT2D eigenvalue weighted by molar-refractivity contribution is 9.10. The first kappa shape index (κ1) is 22.6. The van der Waals surface area contributed by atoms with Gasteiger partial charge in [-0.1, -0.05) is 18.2 Å². The van der Waals surface area contributed by atoms with E-state index in [-0.39, 0.29) is 12.2 Å². The van der Waals surface area contributed by atoms with E-state index in [1.54, 1.807) is 4.90 Å². The molecule has 0 N–H and O–H groups in total. The van der Waals surface area contributed by atoms with Crippen LogP contribution in [0.1, 0.15) is 33.6 Å². The van der Waals surface area contributed by atoms with Gasteiger partial charge in [-0.3, -0.25) is 4.40 Å². The molecule has 1 aromatic carbocycles. The number of pyridine rings is 2. The van der Waals surface area contributed by atoms with Crippen molar-refractivity contribution in [3.8, 4) is 17.3 Å². The van der Waals surface area contributed by atoms with E-state index in [1.807, 2.05) is 73.8 Å². The standard InChI is InChI=1S/C25H26BrN5O3/c1-25(2,3)34-24(32)30-13-11-18(12-14-30)33-20-6-4-5-16-7-9-19(27-22(16)20)23-29-28-21-10-8-17(26)15-31(21)23/h4-10,15,18H,11-14H2,1-3H3. The molecule has 1 fully saturated rings. The summed E-state index contributed by atoms with van der Waals surface area (Å²) in [6.45, 7) is 6.84. The lowest BCUT2D eigenvalue weighted by molar-refractivity contribution is 0.0127. The molecule has 1 aliphatic rings. The third-order valence-electron chi connectivity index (χ3n) is 5.67. The van der Waals surface area contributed by atoms with Crippen molar-refractivity contribution >= 4 is 38.6 Å². The van der Waals surface area contributed by atoms with Gasteiger partial charge in [-0.05, 0) is 61.0 Å². The third-order valence-corrected chi connectivity index (χ3v) is 6.13. The van der Waals surface area contributed by atoms with Gasteiger partial charge in [0, 0.05) is 42.0 Å². The number of amides is 1. The second-order valence-electron chi connectivity index (χ2n) is 9.41. The Morgan fingerprint density at radius 2 is 1.85 bits per heavy atom. The van der Waals surface area contributed by atoms with Crippen LogP contribution in [0.15, 0.2) is 53.1 Å². The van der Waals surface area contributed by atoms with Gasteiger partial charge in [0.05, 0.1) is 0 Å². The Labute approximate surface area is 206 Å². The summed E-state index contributed by atoms with van der Waals surface area (Å²) < 4.78 is 14.7. The summed E-state index contributed by atoms with van der Waals surface area (Å²) in [4.78, 5) is 19.0. The molecule has 34 heavy (non-hydrogen) atoms. The van der Waals surface area contributed by atoms with Crippen molar-refractivity contribution in [2.45, 2.75) is 45.3 Å². The Balaban J connectivity index is 1.36. The van der Waals surface area contributed by atoms with Gasteiger partial charge in [-0.2, -0.15) is 0 Å². The summed E-state index contributed by atoms with van der Waals surface area (Å²) in [6.07, 6.45) is 3.13. The summed E-state index contributed by atoms with van der Waals surface area (Å²) in [5.41, 5.74) is 1.75. The summed E-state index contributed by atoms with van der Waals surface area (Å²) in [7, 11) is 0. The average molecular weight is 524 g/mol. The molecule has 9 heteroatoms. The van der Waals surface area contributed by atoms with Crippen LogP contribution in [0.5, 0.6) is 5.75 Å². The van der Waals surface area contributed by atoms with Crippen LogP contribution >= 0.6 is 15.9 Å². The molecule has 4 heterocycles. The molecule has 1 saturated heterocycles. The molecule has 8 nitrogen and oxygen atoms in total. The van der Waals surface area contributed by atoms with Crippen LogP contribution in [-0.4, -0.2) is 55.4 Å². The zero-order chi connectivity index (χ0) is 23.9. The van der Waals surface area contributed by atoms with Crippen molar-refractivity contribution in [3.63, 3.8) is 0 Å². The molecule has 0 saturated carbocycles. The summed E-state index contributed by atoms with van der Waals surface area (Å²) in [5.74, 6) is 1.39. The average Bonchev–Trinajstić information content (AvgIpc) is 3.21. The second-order valence-corrected chi connectivity index (χ2v) is 10.3. The number of fused-ring (bicyclic) bond motifs is 2. The largest absolute Gasteiger partial charge is 0.488 e. The van der Waals surface area contributed by atoms with Gasteiger partial charge < -0.3 is 14.4 Å². The molecule has 0 atom stereocenters. The fourth-order valence-corrected chi connectivity index (χ4v) is 4.38. The fourth-order valence-electron chi connectivity index (χ4n) is 4.04. The van der Waals surface area contributed by atoms with E-state index in [0.29, 0.717) is 24.6 Å². The number of likely N-dealkylation sites (tertiary alicyclic amines) is 1. The first-order chi connectivity index (χ1) is 16.3. The summed E-state index contributed by atoms with van der Waals surface area (Å²) in [5, 5.41) is 9.59. The minimum absolute atomic E-state index is 0.000352. The number of halogens is 1. The summed E-state index contributed by atoms with van der Waals surface area (Å²) >= 11 is 3.51. The molecule has 0 unspecified atom stereocenters. The number of carbonyl (C=O) groups excluding carboxylic acids is 1. The first-order valence-electron chi connectivity index (χ1n) is 11.3. The molecule has 1 amide bonds. The van der Waals surface area contributed by atoms with E-state index in [2.05, 4.69) is 26.1 Å². The van der Waals surface area contributed by atoms with Crippen LogP contribution in [0.3, 0.4) is 0 Å². The lowest BCUT2D eigenvalue weighted by Crippen LogP contribution is -2.44. The zero-order valence-corrected chi connectivity index (χ0v) is 20.9. The SMILES string of the molecule is CC(C)(C)OC(=O)N1CCC(Oc2cccc3ccc(-c4nnc5ccc(Br)cn45)nc23)CC1. The van der Waals surface area contributed by atoms with E-state index >= 15 is 0 Å². The van der Waals surface area contributed by atoms with Gasteiger partial charge >= 0.3 is 6.09 Å². The molecule has 4 aromatic rings. The van der Waals surface area contributed by atoms with E-state index in [4.69, 9.17) is 14.5 Å². The first-order valence-corrected chi connectivity index (χ1v) is 12.1. The van der Waals surface area contributed by atoms with Crippen molar-refractivity contribution in [2.24, 2.45) is 0 Å². The van der Waals surface area contributed by atoms with E-state index in [1.165, 1.54) is 0 Å². The van der Waals surface area contributed by atoms with Crippen LogP contribution in [0.25, 0.3) is 28.1 Å². The number of nitrogens with zero attached hydrogens (tertiary/aromatic N) is 5. The van der Waals surface area contributed by atoms with E-state index in [0.717, 1.165) is 39.6 Å². The number of aromatic nitrogens is 4. The van der Waals surface area contributed by atoms with Gasteiger partial charge in [0.2, 0.25) is 0 Å². The number of hydrogen-bond acceptors (Lipinski definition) is 6. The number of carbonyl (C=O) groups is 1. The smallest absolute Gasteiger partial charge is 0.410 e. The molecule has 5 rings (SSSR count). The number of rotatable bonds is 3. The highest BCUT2D eigenvalue weighted by Crippen LogP contribution is 2.30. The van der Waals surface area contributed by atoms with Crippen LogP contribution in [0.2, 0.25) is 0 Å². The van der Waals surface area contributed by atoms with Crippen LogP contribution in [0.4, 0.5) is 4.79 Å². The summed E-state index contributed by atoms with van der Waals surface area (Å²) in [6, 6.07) is 13.7. The van der Waals surface area contributed by atoms with E-state index in [9.17, 15) is 4.79 Å². The minimum atomic E-state index is -0.497. The maximum absolute atomic E-state index is 12.4. The molecular formula is C25H26BrN5O3. The van der Waals surface area contributed by atoms with Gasteiger partial charge in [-0.25, -0.2) is 9.78 Å². The molecule has 0 bridgehead atoms. The van der Waals surface area contributed by atoms with Crippen LogP contribution in [-0.2, 0) is 4.74 Å². The predicted octanol–water partition coefficient (Wildman–Crippen LogP) is 5.49. The topological polar surface area (TPSA) is 81.8 Å². The lowest BCUT2D eigenvalue weighted by atomic mass is 10.1. The zero-order valence-electron chi connectivity index (χ0n) is 19.4. The highest BCUT2D eigenvalue weighted by atomic mass is 79.9. The quantitative estimate of drug-likeness (QED) is 0.353. The highest BCUT2D eigenvalue weighted by Gasteiger charge is 2.28. The van der Waals surface area contributed by atoms with E-state index < -0.39 is 5.60 Å². The van der Waals surface area contributed by atoms with Crippen molar-refractivity contribution < 1.29 is 14.3 Å². The Morgan fingerprint density at radius 1 is 1.06 bits per heavy atom. The third kappa shape index (κ3) is 4.70. The molecule has 0 spiro atoms. The number of para-hydroxylation sites is 1. The number of hydrogen-bond donors (Lipinski definition) is 0. The molecule has 0 radical (unpaired) electrons. The van der Waals surface area contributed by atoms with Gasteiger partial charge in [0.15, 0.2) is 11.5 Å². The van der Waals surface area contributed by atoms with Crippen molar-refractivity contribution in [3.05, 3.63) is 53.1 Å². The Hall–Kier alpha value is -3.20. The Bertz CT molecular complexity index is 1360.